The van der Waals surface area contributed by atoms with Crippen molar-refractivity contribution in [2.75, 3.05) is 0 Å². The average molecular weight is 338 g/mol. The minimum Gasteiger partial charge on any atom is -0.247 e. The van der Waals surface area contributed by atoms with E-state index in [4.69, 9.17) is 9.78 Å². The van der Waals surface area contributed by atoms with Crippen LogP contribution in [-0.2, 0) is 19.4 Å². The zero-order valence-electron chi connectivity index (χ0n) is 16.2. The van der Waals surface area contributed by atoms with Gasteiger partial charge in [0.05, 0.1) is 11.8 Å². The Bertz CT molecular complexity index is 436. The molecular formula is C20H34O4. The molecule has 2 fully saturated rings. The van der Waals surface area contributed by atoms with Crippen LogP contribution >= 0.6 is 0 Å². The minimum atomic E-state index is -0.383. The molecule has 0 aromatic rings. The molecule has 0 amide bonds. The Morgan fingerprint density at radius 2 is 1.04 bits per heavy atom. The highest BCUT2D eigenvalue weighted by Crippen LogP contribution is 2.43. The lowest BCUT2D eigenvalue weighted by atomic mass is 9.68. The summed E-state index contributed by atoms with van der Waals surface area (Å²) in [7, 11) is 0. The Kier molecular flexibility index (Phi) is 5.66. The van der Waals surface area contributed by atoms with Gasteiger partial charge in [0.25, 0.3) is 0 Å². The summed E-state index contributed by atoms with van der Waals surface area (Å²) in [6, 6.07) is 0. The maximum atomic E-state index is 12.3. The SMILES string of the molecule is CC1CC(C(=O)OOC(=O)C2CC(C)CC(C)(C)C2)CC(C)(C)C1. The molecule has 4 heteroatoms. The molecule has 24 heavy (non-hydrogen) atoms. The van der Waals surface area contributed by atoms with E-state index in [-0.39, 0.29) is 34.6 Å². The van der Waals surface area contributed by atoms with Crippen LogP contribution in [0, 0.1) is 34.5 Å². The van der Waals surface area contributed by atoms with E-state index in [1.54, 1.807) is 0 Å². The molecule has 0 spiro atoms. The fourth-order valence-corrected chi connectivity index (χ4v) is 5.27. The van der Waals surface area contributed by atoms with Gasteiger partial charge >= 0.3 is 11.9 Å². The molecule has 0 aromatic carbocycles. The van der Waals surface area contributed by atoms with E-state index in [0.29, 0.717) is 11.8 Å². The molecule has 0 aromatic heterocycles. The smallest absolute Gasteiger partial charge is 0.247 e. The third-order valence-electron chi connectivity index (χ3n) is 5.65. The molecule has 0 N–H and O–H groups in total. The third-order valence-corrected chi connectivity index (χ3v) is 5.65. The van der Waals surface area contributed by atoms with Gasteiger partial charge in [-0.2, -0.15) is 0 Å². The summed E-state index contributed by atoms with van der Waals surface area (Å²) >= 11 is 0. The third kappa shape index (κ3) is 5.22. The van der Waals surface area contributed by atoms with Crippen molar-refractivity contribution in [3.8, 4) is 0 Å². The van der Waals surface area contributed by atoms with Crippen molar-refractivity contribution < 1.29 is 19.4 Å². The molecule has 4 unspecified atom stereocenters. The van der Waals surface area contributed by atoms with E-state index >= 15 is 0 Å². The minimum absolute atomic E-state index is 0.133. The molecule has 2 saturated carbocycles. The molecule has 2 rings (SSSR count). The summed E-state index contributed by atoms with van der Waals surface area (Å²) in [5.74, 6) is -0.127. The van der Waals surface area contributed by atoms with E-state index in [1.165, 1.54) is 0 Å². The van der Waals surface area contributed by atoms with E-state index in [0.717, 1.165) is 38.5 Å². The molecule has 0 radical (unpaired) electrons. The van der Waals surface area contributed by atoms with E-state index in [9.17, 15) is 9.59 Å². The Morgan fingerprint density at radius 3 is 1.33 bits per heavy atom. The molecule has 2 aliphatic rings. The number of rotatable bonds is 2. The van der Waals surface area contributed by atoms with Crippen LogP contribution < -0.4 is 0 Å². The topological polar surface area (TPSA) is 52.6 Å². The van der Waals surface area contributed by atoms with Crippen molar-refractivity contribution >= 4 is 11.9 Å². The monoisotopic (exact) mass is 338 g/mol. The zero-order valence-corrected chi connectivity index (χ0v) is 16.2. The highest BCUT2D eigenvalue weighted by Gasteiger charge is 2.39. The Morgan fingerprint density at radius 1 is 0.708 bits per heavy atom. The summed E-state index contributed by atoms with van der Waals surface area (Å²) in [5, 5.41) is 0. The highest BCUT2D eigenvalue weighted by molar-refractivity contribution is 5.76. The fourth-order valence-electron chi connectivity index (χ4n) is 5.27. The lowest BCUT2D eigenvalue weighted by Crippen LogP contribution is -2.35. The van der Waals surface area contributed by atoms with E-state index < -0.39 is 0 Å². The van der Waals surface area contributed by atoms with Crippen LogP contribution in [0.1, 0.15) is 80.1 Å². The van der Waals surface area contributed by atoms with Crippen LogP contribution in [0.15, 0.2) is 0 Å². The number of hydrogen-bond donors (Lipinski definition) is 0. The van der Waals surface area contributed by atoms with E-state index in [2.05, 4.69) is 41.5 Å². The number of carbonyl (C=O) groups excluding carboxylic acids is 2. The average Bonchev–Trinajstić information content (AvgIpc) is 2.39. The second-order valence-electron chi connectivity index (χ2n) is 10.0. The van der Waals surface area contributed by atoms with Crippen molar-refractivity contribution in [3.63, 3.8) is 0 Å². The van der Waals surface area contributed by atoms with E-state index in [1.807, 2.05) is 0 Å². The Hall–Kier alpha value is -1.06. The van der Waals surface area contributed by atoms with Crippen LogP contribution in [-0.4, -0.2) is 11.9 Å². The van der Waals surface area contributed by atoms with Gasteiger partial charge in [-0.05, 0) is 61.2 Å². The summed E-state index contributed by atoms with van der Waals surface area (Å²) in [5.41, 5.74) is 0.266. The molecule has 4 nitrogen and oxygen atoms in total. The molecule has 0 bridgehead atoms. The van der Waals surface area contributed by atoms with Crippen molar-refractivity contribution in [2.24, 2.45) is 34.5 Å². The summed E-state index contributed by atoms with van der Waals surface area (Å²) < 4.78 is 0. The van der Waals surface area contributed by atoms with Gasteiger partial charge in [-0.3, -0.25) is 0 Å². The molecule has 138 valence electrons. The van der Waals surface area contributed by atoms with Gasteiger partial charge in [0.2, 0.25) is 0 Å². The molecule has 4 atom stereocenters. The molecule has 0 heterocycles. The predicted molar refractivity (Wildman–Crippen MR) is 92.8 cm³/mol. The van der Waals surface area contributed by atoms with Gasteiger partial charge in [0.15, 0.2) is 0 Å². The van der Waals surface area contributed by atoms with Crippen molar-refractivity contribution in [1.82, 2.24) is 0 Å². The van der Waals surface area contributed by atoms with Gasteiger partial charge in [-0.15, -0.1) is 0 Å². The van der Waals surface area contributed by atoms with Gasteiger partial charge in [-0.25, -0.2) is 19.4 Å². The number of carbonyl (C=O) groups is 2. The molecule has 2 aliphatic carbocycles. The predicted octanol–water partition coefficient (Wildman–Crippen LogP) is 4.91. The van der Waals surface area contributed by atoms with Crippen LogP contribution in [0.25, 0.3) is 0 Å². The van der Waals surface area contributed by atoms with Crippen molar-refractivity contribution in [2.45, 2.75) is 80.1 Å². The molecule has 0 saturated heterocycles. The maximum Gasteiger partial charge on any atom is 0.358 e. The number of hydrogen-bond acceptors (Lipinski definition) is 4. The van der Waals surface area contributed by atoms with Gasteiger partial charge in [0.1, 0.15) is 0 Å². The standard InChI is InChI=1S/C20H34O4/c1-13-7-15(11-19(3,4)9-13)17(21)23-24-18(22)16-8-14(2)10-20(5,6)12-16/h13-16H,7-12H2,1-6H3. The lowest BCUT2D eigenvalue weighted by molar-refractivity contribution is -0.268. The largest absolute Gasteiger partial charge is 0.358 e. The first-order valence-corrected chi connectivity index (χ1v) is 9.40. The van der Waals surface area contributed by atoms with Crippen LogP contribution in [0.2, 0.25) is 0 Å². The maximum absolute atomic E-state index is 12.3. The summed E-state index contributed by atoms with van der Waals surface area (Å²) in [6.07, 6.45) is 5.44. The van der Waals surface area contributed by atoms with Crippen LogP contribution in [0.5, 0.6) is 0 Å². The van der Waals surface area contributed by atoms with Crippen LogP contribution in [0.3, 0.4) is 0 Å². The van der Waals surface area contributed by atoms with Gasteiger partial charge in [0, 0.05) is 0 Å². The zero-order chi connectivity index (χ0) is 18.1. The molecule has 0 aliphatic heterocycles. The summed E-state index contributed by atoms with van der Waals surface area (Å²) in [6.45, 7) is 13.1. The highest BCUT2D eigenvalue weighted by atomic mass is 17.2. The second kappa shape index (κ2) is 7.05. The summed E-state index contributed by atoms with van der Waals surface area (Å²) in [4.78, 5) is 34.5. The first kappa shape index (κ1) is 19.3. The first-order valence-electron chi connectivity index (χ1n) is 9.40. The lowest BCUT2D eigenvalue weighted by Gasteiger charge is -2.38. The normalized spacial score (nSPS) is 35.1. The van der Waals surface area contributed by atoms with Gasteiger partial charge in [-0.1, -0.05) is 41.5 Å². The fraction of sp³-hybridized carbons (Fsp3) is 0.900. The second-order valence-corrected chi connectivity index (χ2v) is 10.0. The quantitative estimate of drug-likeness (QED) is 0.530. The Balaban J connectivity index is 1.86. The Labute approximate surface area is 146 Å². The first-order chi connectivity index (χ1) is 11.0. The van der Waals surface area contributed by atoms with Gasteiger partial charge < -0.3 is 0 Å². The van der Waals surface area contributed by atoms with Crippen LogP contribution in [0.4, 0.5) is 0 Å². The molecular weight excluding hydrogens is 304 g/mol. The van der Waals surface area contributed by atoms with Crippen molar-refractivity contribution in [3.05, 3.63) is 0 Å². The van der Waals surface area contributed by atoms with Crippen molar-refractivity contribution in [1.29, 1.82) is 0 Å².